The van der Waals surface area contributed by atoms with Crippen molar-refractivity contribution < 1.29 is 12.9 Å². The van der Waals surface area contributed by atoms with Crippen LogP contribution in [0, 0.1) is 5.92 Å². The maximum Gasteiger partial charge on any atom is 0.226 e. The van der Waals surface area contributed by atoms with Gasteiger partial charge in [0.25, 0.3) is 0 Å². The van der Waals surface area contributed by atoms with Crippen molar-refractivity contribution in [2.75, 3.05) is 18.6 Å². The summed E-state index contributed by atoms with van der Waals surface area (Å²) in [5, 5.41) is 7.08. The van der Waals surface area contributed by atoms with E-state index in [-0.39, 0.29) is 11.5 Å². The van der Waals surface area contributed by atoms with Crippen LogP contribution in [-0.4, -0.2) is 43.2 Å². The van der Waals surface area contributed by atoms with Gasteiger partial charge in [0.1, 0.15) is 9.84 Å². The highest BCUT2D eigenvalue weighted by Gasteiger charge is 2.25. The van der Waals surface area contributed by atoms with Gasteiger partial charge in [-0.3, -0.25) is 0 Å². The Balaban J connectivity index is 1.87. The lowest BCUT2D eigenvalue weighted by Gasteiger charge is -2.19. The van der Waals surface area contributed by atoms with E-state index in [2.05, 4.69) is 22.4 Å². The molecule has 0 saturated carbocycles. The predicted molar refractivity (Wildman–Crippen MR) is 71.6 cm³/mol. The molecule has 1 aliphatic rings. The molecule has 1 N–H and O–H groups in total. The molecule has 0 bridgehead atoms. The summed E-state index contributed by atoms with van der Waals surface area (Å²) in [5.41, 5.74) is 0. The molecule has 6 nitrogen and oxygen atoms in total. The molecule has 19 heavy (non-hydrogen) atoms. The molecule has 1 fully saturated rings. The second-order valence-corrected chi connectivity index (χ2v) is 7.60. The molecule has 0 aromatic carbocycles. The first-order chi connectivity index (χ1) is 8.98. The van der Waals surface area contributed by atoms with E-state index in [0.29, 0.717) is 42.9 Å². The minimum absolute atomic E-state index is 0.287. The van der Waals surface area contributed by atoms with E-state index >= 15 is 0 Å². The molecular formula is C12H21N3O3S. The first kappa shape index (κ1) is 14.5. The van der Waals surface area contributed by atoms with Crippen molar-refractivity contribution >= 4 is 9.84 Å². The van der Waals surface area contributed by atoms with Crippen molar-refractivity contribution in [3.8, 4) is 0 Å². The fourth-order valence-electron chi connectivity index (χ4n) is 2.22. The lowest BCUT2D eigenvalue weighted by atomic mass is 9.99. The number of hydrogen-bond donors (Lipinski definition) is 1. The molecule has 1 aliphatic heterocycles. The van der Waals surface area contributed by atoms with E-state index in [1.165, 1.54) is 0 Å². The molecule has 108 valence electrons. The van der Waals surface area contributed by atoms with Crippen LogP contribution in [0.1, 0.15) is 31.5 Å². The number of aromatic nitrogens is 2. The van der Waals surface area contributed by atoms with Gasteiger partial charge < -0.3 is 9.84 Å². The molecule has 1 saturated heterocycles. The fourth-order valence-corrected chi connectivity index (χ4v) is 3.81. The SMILES string of the molecule is CNC(C)Cc1noc(CC2CCS(=O)(=O)CC2)n1. The molecule has 1 atom stereocenters. The van der Waals surface area contributed by atoms with Crippen molar-refractivity contribution in [3.63, 3.8) is 0 Å². The Morgan fingerprint density at radius 1 is 1.42 bits per heavy atom. The summed E-state index contributed by atoms with van der Waals surface area (Å²) in [6, 6.07) is 0.310. The monoisotopic (exact) mass is 287 g/mol. The largest absolute Gasteiger partial charge is 0.339 e. The van der Waals surface area contributed by atoms with Gasteiger partial charge in [0.05, 0.1) is 11.5 Å². The number of nitrogens with zero attached hydrogens (tertiary/aromatic N) is 2. The zero-order chi connectivity index (χ0) is 13.9. The van der Waals surface area contributed by atoms with E-state index < -0.39 is 9.84 Å². The van der Waals surface area contributed by atoms with Gasteiger partial charge in [-0.05, 0) is 32.7 Å². The summed E-state index contributed by atoms with van der Waals surface area (Å²) < 4.78 is 27.9. The van der Waals surface area contributed by atoms with Gasteiger partial charge in [-0.2, -0.15) is 4.98 Å². The standard InChI is InChI=1S/C12H21N3O3S/c1-9(13-2)7-11-14-12(18-15-11)8-10-3-5-19(16,17)6-4-10/h9-10,13H,3-8H2,1-2H3. The van der Waals surface area contributed by atoms with Gasteiger partial charge in [-0.25, -0.2) is 8.42 Å². The zero-order valence-corrected chi connectivity index (χ0v) is 12.2. The highest BCUT2D eigenvalue weighted by Crippen LogP contribution is 2.22. The lowest BCUT2D eigenvalue weighted by molar-refractivity contribution is 0.338. The van der Waals surface area contributed by atoms with Crippen molar-refractivity contribution in [1.29, 1.82) is 0 Å². The zero-order valence-electron chi connectivity index (χ0n) is 11.4. The van der Waals surface area contributed by atoms with Gasteiger partial charge in [-0.1, -0.05) is 5.16 Å². The highest BCUT2D eigenvalue weighted by molar-refractivity contribution is 7.91. The molecule has 2 heterocycles. The van der Waals surface area contributed by atoms with Crippen molar-refractivity contribution in [3.05, 3.63) is 11.7 Å². The van der Waals surface area contributed by atoms with Crippen LogP contribution in [0.15, 0.2) is 4.52 Å². The minimum atomic E-state index is -2.80. The highest BCUT2D eigenvalue weighted by atomic mass is 32.2. The number of nitrogens with one attached hydrogen (secondary N) is 1. The summed E-state index contributed by atoms with van der Waals surface area (Å²) in [6.45, 7) is 2.06. The van der Waals surface area contributed by atoms with Crippen LogP contribution in [0.5, 0.6) is 0 Å². The maximum atomic E-state index is 11.3. The van der Waals surface area contributed by atoms with Crippen molar-refractivity contribution in [2.45, 2.75) is 38.6 Å². The molecule has 2 rings (SSSR count). The smallest absolute Gasteiger partial charge is 0.226 e. The van der Waals surface area contributed by atoms with Gasteiger partial charge in [0.2, 0.25) is 5.89 Å². The average Bonchev–Trinajstić information content (AvgIpc) is 2.79. The van der Waals surface area contributed by atoms with Crippen molar-refractivity contribution in [1.82, 2.24) is 15.5 Å². The molecular weight excluding hydrogens is 266 g/mol. The molecule has 0 spiro atoms. The topological polar surface area (TPSA) is 85.1 Å². The quantitative estimate of drug-likeness (QED) is 0.853. The van der Waals surface area contributed by atoms with E-state index in [0.717, 1.165) is 6.42 Å². The van der Waals surface area contributed by atoms with Gasteiger partial charge in [-0.15, -0.1) is 0 Å². The van der Waals surface area contributed by atoms with Crippen LogP contribution in [0.25, 0.3) is 0 Å². The molecule has 0 amide bonds. The number of sulfone groups is 1. The Bertz CT molecular complexity index is 498. The number of rotatable bonds is 5. The third kappa shape index (κ3) is 4.28. The van der Waals surface area contributed by atoms with Crippen LogP contribution >= 0.6 is 0 Å². The van der Waals surface area contributed by atoms with Crippen LogP contribution in [-0.2, 0) is 22.7 Å². The second kappa shape index (κ2) is 6.00. The Hall–Kier alpha value is -0.950. The Kier molecular flexibility index (Phi) is 4.57. The average molecular weight is 287 g/mol. The fraction of sp³-hybridized carbons (Fsp3) is 0.833. The summed E-state index contributed by atoms with van der Waals surface area (Å²) in [4.78, 5) is 4.36. The van der Waals surface area contributed by atoms with Gasteiger partial charge in [0, 0.05) is 18.9 Å². The molecule has 1 unspecified atom stereocenters. The van der Waals surface area contributed by atoms with Crippen LogP contribution in [0.2, 0.25) is 0 Å². The second-order valence-electron chi connectivity index (χ2n) is 5.30. The number of hydrogen-bond acceptors (Lipinski definition) is 6. The lowest BCUT2D eigenvalue weighted by Crippen LogP contribution is -2.25. The van der Waals surface area contributed by atoms with E-state index in [4.69, 9.17) is 4.52 Å². The first-order valence-corrected chi connectivity index (χ1v) is 8.50. The van der Waals surface area contributed by atoms with Crippen LogP contribution in [0.4, 0.5) is 0 Å². The van der Waals surface area contributed by atoms with E-state index in [1.807, 2.05) is 7.05 Å². The summed E-state index contributed by atoms with van der Waals surface area (Å²) in [5.74, 6) is 2.26. The van der Waals surface area contributed by atoms with Crippen LogP contribution < -0.4 is 5.32 Å². The third-order valence-electron chi connectivity index (χ3n) is 3.63. The molecule has 1 aromatic rings. The first-order valence-electron chi connectivity index (χ1n) is 6.67. The summed E-state index contributed by atoms with van der Waals surface area (Å²) in [6.07, 6.45) is 2.83. The predicted octanol–water partition coefficient (Wildman–Crippen LogP) is 0.587. The third-order valence-corrected chi connectivity index (χ3v) is 5.34. The molecule has 0 aliphatic carbocycles. The minimum Gasteiger partial charge on any atom is -0.339 e. The Labute approximate surface area is 113 Å². The molecule has 1 aromatic heterocycles. The number of likely N-dealkylation sites (N-methyl/N-ethyl adjacent to an activating group) is 1. The molecule has 7 heteroatoms. The van der Waals surface area contributed by atoms with Gasteiger partial charge >= 0.3 is 0 Å². The van der Waals surface area contributed by atoms with E-state index in [1.54, 1.807) is 0 Å². The summed E-state index contributed by atoms with van der Waals surface area (Å²) in [7, 11) is -0.900. The molecule has 0 radical (unpaired) electrons. The van der Waals surface area contributed by atoms with Crippen LogP contribution in [0.3, 0.4) is 0 Å². The maximum absolute atomic E-state index is 11.3. The van der Waals surface area contributed by atoms with E-state index in [9.17, 15) is 8.42 Å². The normalized spacial score (nSPS) is 21.4. The summed E-state index contributed by atoms with van der Waals surface area (Å²) >= 11 is 0. The van der Waals surface area contributed by atoms with Gasteiger partial charge in [0.15, 0.2) is 5.82 Å². The Morgan fingerprint density at radius 2 is 2.11 bits per heavy atom. The van der Waals surface area contributed by atoms with Crippen molar-refractivity contribution in [2.24, 2.45) is 5.92 Å². The Morgan fingerprint density at radius 3 is 2.74 bits per heavy atom.